The number of nitrogens with zero attached hydrogens (tertiary/aromatic N) is 1. The number of carbonyl (C=O) groups is 1. The standard InChI is InChI=1S/C13H14F3NO6S/c14-13(15,16)23-10-3-1-2-4-11(10)24(21,22)17-6-5-8(18)7-9(17)12(19)20/h1-4,8-9,18H,5-7H2,(H,19,20)/t8-,9+/m0/s1. The fraction of sp³-hybridized carbons (Fsp3) is 0.462. The van der Waals surface area contributed by atoms with Crippen LogP contribution in [0.25, 0.3) is 0 Å². The van der Waals surface area contributed by atoms with Gasteiger partial charge in [0, 0.05) is 13.0 Å². The van der Waals surface area contributed by atoms with E-state index in [0.717, 1.165) is 18.2 Å². The van der Waals surface area contributed by atoms with Crippen LogP contribution in [0.3, 0.4) is 0 Å². The van der Waals surface area contributed by atoms with Crippen LogP contribution in [0.1, 0.15) is 12.8 Å². The molecule has 0 amide bonds. The zero-order chi connectivity index (χ0) is 18.1. The second-order valence-corrected chi connectivity index (χ2v) is 7.00. The van der Waals surface area contributed by atoms with Gasteiger partial charge in [0.2, 0.25) is 10.0 Å². The van der Waals surface area contributed by atoms with Gasteiger partial charge in [0.1, 0.15) is 16.7 Å². The van der Waals surface area contributed by atoms with Crippen molar-refractivity contribution < 1.29 is 41.3 Å². The Bertz CT molecular complexity index is 721. The smallest absolute Gasteiger partial charge is 0.480 e. The molecule has 0 spiro atoms. The van der Waals surface area contributed by atoms with Gasteiger partial charge in [-0.2, -0.15) is 4.31 Å². The molecule has 0 aliphatic carbocycles. The van der Waals surface area contributed by atoms with Gasteiger partial charge >= 0.3 is 12.3 Å². The van der Waals surface area contributed by atoms with E-state index in [1.54, 1.807) is 0 Å². The number of ether oxygens (including phenoxy) is 1. The van der Waals surface area contributed by atoms with Gasteiger partial charge in [-0.1, -0.05) is 12.1 Å². The van der Waals surface area contributed by atoms with Gasteiger partial charge in [0.05, 0.1) is 6.10 Å². The summed E-state index contributed by atoms with van der Waals surface area (Å²) in [7, 11) is -4.57. The number of hydrogen-bond acceptors (Lipinski definition) is 5. The average Bonchev–Trinajstić information content (AvgIpc) is 2.45. The van der Waals surface area contributed by atoms with Gasteiger partial charge < -0.3 is 14.9 Å². The Balaban J connectivity index is 2.45. The Labute approximate surface area is 135 Å². The van der Waals surface area contributed by atoms with Gasteiger partial charge in [-0.25, -0.2) is 8.42 Å². The van der Waals surface area contributed by atoms with Crippen LogP contribution in [0.5, 0.6) is 5.75 Å². The first kappa shape index (κ1) is 18.5. The van der Waals surface area contributed by atoms with E-state index in [1.165, 1.54) is 6.07 Å². The van der Waals surface area contributed by atoms with Crippen molar-refractivity contribution in [2.24, 2.45) is 0 Å². The molecule has 24 heavy (non-hydrogen) atoms. The van der Waals surface area contributed by atoms with Crippen molar-refractivity contribution in [2.45, 2.75) is 36.2 Å². The molecule has 134 valence electrons. The van der Waals surface area contributed by atoms with E-state index in [1.807, 2.05) is 0 Å². The minimum absolute atomic E-state index is 0.0225. The highest BCUT2D eigenvalue weighted by Crippen LogP contribution is 2.33. The lowest BCUT2D eigenvalue weighted by Crippen LogP contribution is -2.51. The Kier molecular flexibility index (Phi) is 5.06. The third kappa shape index (κ3) is 3.97. The highest BCUT2D eigenvalue weighted by molar-refractivity contribution is 7.89. The first-order valence-corrected chi connectivity index (χ1v) is 8.24. The molecule has 1 saturated heterocycles. The van der Waals surface area contributed by atoms with Crippen molar-refractivity contribution in [3.63, 3.8) is 0 Å². The number of benzene rings is 1. The molecule has 0 aromatic heterocycles. The number of aliphatic carboxylic acids is 1. The summed E-state index contributed by atoms with van der Waals surface area (Å²) >= 11 is 0. The fourth-order valence-corrected chi connectivity index (χ4v) is 4.16. The molecule has 1 aromatic carbocycles. The molecule has 0 unspecified atom stereocenters. The van der Waals surface area contributed by atoms with Gasteiger partial charge in [0.25, 0.3) is 0 Å². The summed E-state index contributed by atoms with van der Waals surface area (Å²) in [5, 5.41) is 18.7. The Morgan fingerprint density at radius 1 is 1.29 bits per heavy atom. The van der Waals surface area contributed by atoms with E-state index in [4.69, 9.17) is 5.11 Å². The third-order valence-electron chi connectivity index (χ3n) is 3.47. The minimum Gasteiger partial charge on any atom is -0.480 e. The van der Waals surface area contributed by atoms with Crippen molar-refractivity contribution in [2.75, 3.05) is 6.54 Å². The van der Waals surface area contributed by atoms with Gasteiger partial charge in [-0.3, -0.25) is 4.79 Å². The molecule has 1 fully saturated rings. The predicted octanol–water partition coefficient (Wildman–Crippen LogP) is 1.18. The zero-order valence-corrected chi connectivity index (χ0v) is 12.9. The number of carboxylic acid groups (broad SMARTS) is 1. The molecule has 0 saturated carbocycles. The number of aliphatic hydroxyl groups excluding tert-OH is 1. The summed E-state index contributed by atoms with van der Waals surface area (Å²) in [5.74, 6) is -2.44. The lowest BCUT2D eigenvalue weighted by molar-refractivity contribution is -0.275. The number of piperidine rings is 1. The van der Waals surface area contributed by atoms with E-state index >= 15 is 0 Å². The third-order valence-corrected chi connectivity index (χ3v) is 5.42. The van der Waals surface area contributed by atoms with Crippen molar-refractivity contribution in [1.82, 2.24) is 4.31 Å². The summed E-state index contributed by atoms with van der Waals surface area (Å²) in [6.45, 7) is -0.333. The second-order valence-electron chi connectivity index (χ2n) is 5.14. The summed E-state index contributed by atoms with van der Waals surface area (Å²) < 4.78 is 66.9. The summed E-state index contributed by atoms with van der Waals surface area (Å²) in [6, 6.07) is 2.52. The molecule has 7 nitrogen and oxygen atoms in total. The quantitative estimate of drug-likeness (QED) is 0.826. The van der Waals surface area contributed by atoms with Crippen LogP contribution in [0.2, 0.25) is 0 Å². The molecule has 2 atom stereocenters. The van der Waals surface area contributed by atoms with Crippen LogP contribution in [-0.4, -0.2) is 54.0 Å². The predicted molar refractivity (Wildman–Crippen MR) is 73.7 cm³/mol. The van der Waals surface area contributed by atoms with Crippen molar-refractivity contribution in [1.29, 1.82) is 0 Å². The topological polar surface area (TPSA) is 104 Å². The fourth-order valence-electron chi connectivity index (χ4n) is 2.44. The molecule has 1 heterocycles. The van der Waals surface area contributed by atoms with Gasteiger partial charge in [-0.15, -0.1) is 13.2 Å². The number of sulfonamides is 1. The normalized spacial score (nSPS) is 23.0. The number of halogens is 3. The van der Waals surface area contributed by atoms with Crippen molar-refractivity contribution in [3.05, 3.63) is 24.3 Å². The molecule has 11 heteroatoms. The number of aliphatic hydroxyl groups is 1. The number of alkyl halides is 3. The monoisotopic (exact) mass is 369 g/mol. The summed E-state index contributed by atoms with van der Waals surface area (Å²) in [6.07, 6.45) is -6.47. The number of para-hydroxylation sites is 1. The van der Waals surface area contributed by atoms with E-state index in [2.05, 4.69) is 4.74 Å². The Morgan fingerprint density at radius 3 is 2.50 bits per heavy atom. The lowest BCUT2D eigenvalue weighted by Gasteiger charge is -2.34. The SMILES string of the molecule is O=C(O)[C@H]1C[C@@H](O)CCN1S(=O)(=O)c1ccccc1OC(F)(F)F. The first-order valence-electron chi connectivity index (χ1n) is 6.80. The van der Waals surface area contributed by atoms with E-state index in [-0.39, 0.29) is 19.4 Å². The number of carboxylic acids is 1. The van der Waals surface area contributed by atoms with Crippen LogP contribution in [0.4, 0.5) is 13.2 Å². The maximum Gasteiger partial charge on any atom is 0.573 e. The summed E-state index contributed by atoms with van der Waals surface area (Å²) in [5.41, 5.74) is 0. The number of hydrogen-bond donors (Lipinski definition) is 2. The Hall–Kier alpha value is -1.85. The van der Waals surface area contributed by atoms with Crippen LogP contribution < -0.4 is 4.74 Å². The van der Waals surface area contributed by atoms with E-state index in [0.29, 0.717) is 4.31 Å². The van der Waals surface area contributed by atoms with Crippen LogP contribution >= 0.6 is 0 Å². The molecule has 2 N–H and O–H groups in total. The van der Waals surface area contributed by atoms with Gasteiger partial charge in [0.15, 0.2) is 0 Å². The van der Waals surface area contributed by atoms with Crippen LogP contribution in [-0.2, 0) is 14.8 Å². The maximum atomic E-state index is 12.6. The minimum atomic E-state index is -5.10. The molecule has 0 radical (unpaired) electrons. The average molecular weight is 369 g/mol. The molecule has 1 aromatic rings. The molecule has 1 aliphatic heterocycles. The van der Waals surface area contributed by atoms with E-state index in [9.17, 15) is 31.5 Å². The zero-order valence-electron chi connectivity index (χ0n) is 12.1. The molecule has 2 rings (SSSR count). The number of rotatable bonds is 4. The van der Waals surface area contributed by atoms with Crippen LogP contribution in [0, 0.1) is 0 Å². The van der Waals surface area contributed by atoms with E-state index < -0.39 is 45.1 Å². The molecular formula is C13H14F3NO6S. The largest absolute Gasteiger partial charge is 0.573 e. The first-order chi connectivity index (χ1) is 11.0. The highest BCUT2D eigenvalue weighted by atomic mass is 32.2. The lowest BCUT2D eigenvalue weighted by atomic mass is 10.0. The molecular weight excluding hydrogens is 355 g/mol. The highest BCUT2D eigenvalue weighted by Gasteiger charge is 2.42. The summed E-state index contributed by atoms with van der Waals surface area (Å²) in [4.78, 5) is 10.5. The Morgan fingerprint density at radius 2 is 1.92 bits per heavy atom. The van der Waals surface area contributed by atoms with Crippen LogP contribution in [0.15, 0.2) is 29.2 Å². The molecule has 0 bridgehead atoms. The maximum absolute atomic E-state index is 12.6. The second kappa shape index (κ2) is 6.57. The van der Waals surface area contributed by atoms with Crippen molar-refractivity contribution >= 4 is 16.0 Å². The molecule has 1 aliphatic rings. The van der Waals surface area contributed by atoms with Gasteiger partial charge in [-0.05, 0) is 18.6 Å². The van der Waals surface area contributed by atoms with Crippen molar-refractivity contribution in [3.8, 4) is 5.75 Å².